The Morgan fingerprint density at radius 2 is 2.19 bits per heavy atom. The minimum Gasteiger partial charge on any atom is -0.278 e. The van der Waals surface area contributed by atoms with E-state index >= 15 is 0 Å². The number of rotatable bonds is 2. The Kier molecular flexibility index (Phi) is 3.32. The van der Waals surface area contributed by atoms with Crippen molar-refractivity contribution in [2.24, 2.45) is 0 Å². The number of imidazole rings is 1. The smallest absolute Gasteiger partial charge is 0.164 e. The van der Waals surface area contributed by atoms with Gasteiger partial charge < -0.3 is 0 Å². The zero-order valence-electron chi connectivity index (χ0n) is 11.1. The molecule has 0 bridgehead atoms. The van der Waals surface area contributed by atoms with Gasteiger partial charge in [-0.2, -0.15) is 5.26 Å². The van der Waals surface area contributed by atoms with Gasteiger partial charge in [-0.15, -0.1) is 11.6 Å². The van der Waals surface area contributed by atoms with Crippen LogP contribution in [0.1, 0.15) is 23.7 Å². The first kappa shape index (κ1) is 13.5. The summed E-state index contributed by atoms with van der Waals surface area (Å²) in [5.74, 6) is 0.0987. The molecule has 0 saturated heterocycles. The highest BCUT2D eigenvalue weighted by atomic mass is 35.5. The van der Waals surface area contributed by atoms with Crippen LogP contribution in [0.15, 0.2) is 36.5 Å². The van der Waals surface area contributed by atoms with Crippen molar-refractivity contribution in [2.45, 2.75) is 12.3 Å². The predicted molar refractivity (Wildman–Crippen MR) is 77.8 cm³/mol. The van der Waals surface area contributed by atoms with Gasteiger partial charge in [-0.1, -0.05) is 0 Å². The molecule has 2 aromatic heterocycles. The average molecular weight is 301 g/mol. The molecule has 0 aliphatic carbocycles. The van der Waals surface area contributed by atoms with E-state index in [2.05, 4.69) is 9.97 Å². The molecule has 3 aromatic rings. The van der Waals surface area contributed by atoms with Crippen LogP contribution in [-0.4, -0.2) is 14.5 Å². The molecule has 3 rings (SSSR count). The zero-order valence-corrected chi connectivity index (χ0v) is 11.8. The number of nitriles is 1. The maximum Gasteiger partial charge on any atom is 0.164 e. The average Bonchev–Trinajstić information content (AvgIpc) is 2.86. The highest BCUT2D eigenvalue weighted by molar-refractivity contribution is 6.20. The molecular weight excluding hydrogens is 291 g/mol. The van der Waals surface area contributed by atoms with Crippen LogP contribution in [0, 0.1) is 17.1 Å². The van der Waals surface area contributed by atoms with Gasteiger partial charge in [-0.3, -0.25) is 4.57 Å². The summed E-state index contributed by atoms with van der Waals surface area (Å²) in [5.41, 5.74) is 1.98. The van der Waals surface area contributed by atoms with Crippen LogP contribution < -0.4 is 0 Å². The van der Waals surface area contributed by atoms with Gasteiger partial charge in [0.15, 0.2) is 5.65 Å². The highest BCUT2D eigenvalue weighted by Crippen LogP contribution is 2.28. The molecule has 0 radical (unpaired) electrons. The van der Waals surface area contributed by atoms with E-state index in [0.29, 0.717) is 22.7 Å². The van der Waals surface area contributed by atoms with Crippen LogP contribution in [0.25, 0.3) is 16.9 Å². The summed E-state index contributed by atoms with van der Waals surface area (Å²) < 4.78 is 15.0. The first-order valence-electron chi connectivity index (χ1n) is 6.29. The van der Waals surface area contributed by atoms with Gasteiger partial charge in [-0.05, 0) is 37.3 Å². The Balaban J connectivity index is 2.39. The molecule has 0 aliphatic rings. The van der Waals surface area contributed by atoms with E-state index in [4.69, 9.17) is 11.6 Å². The predicted octanol–water partition coefficient (Wildman–Crippen LogP) is 3.73. The summed E-state index contributed by atoms with van der Waals surface area (Å²) >= 11 is 6.19. The topological polar surface area (TPSA) is 54.5 Å². The van der Waals surface area contributed by atoms with Crippen LogP contribution in [0.4, 0.5) is 4.39 Å². The number of fused-ring (bicyclic) bond motifs is 1. The highest BCUT2D eigenvalue weighted by Gasteiger charge is 2.19. The van der Waals surface area contributed by atoms with E-state index in [1.165, 1.54) is 18.2 Å². The van der Waals surface area contributed by atoms with Gasteiger partial charge in [0.05, 0.1) is 16.6 Å². The molecule has 1 aromatic carbocycles. The van der Waals surface area contributed by atoms with Gasteiger partial charge >= 0.3 is 0 Å². The van der Waals surface area contributed by atoms with Crippen molar-refractivity contribution in [3.8, 4) is 11.8 Å². The number of halogens is 2. The fourth-order valence-corrected chi connectivity index (χ4v) is 2.37. The van der Waals surface area contributed by atoms with Crippen molar-refractivity contribution in [2.75, 3.05) is 0 Å². The van der Waals surface area contributed by atoms with Crippen molar-refractivity contribution in [1.82, 2.24) is 14.5 Å². The van der Waals surface area contributed by atoms with Crippen LogP contribution in [0.3, 0.4) is 0 Å². The molecule has 21 heavy (non-hydrogen) atoms. The van der Waals surface area contributed by atoms with Gasteiger partial charge in [0.1, 0.15) is 23.2 Å². The molecular formula is C15H10ClFN4. The summed E-state index contributed by atoms with van der Waals surface area (Å²) in [6, 6.07) is 9.61. The normalized spacial score (nSPS) is 12.3. The largest absolute Gasteiger partial charge is 0.278 e. The number of nitrogens with zero attached hydrogens (tertiary/aromatic N) is 4. The fraction of sp³-hybridized carbons (Fsp3) is 0.133. The lowest BCUT2D eigenvalue weighted by molar-refractivity contribution is 0.626. The van der Waals surface area contributed by atoms with Crippen molar-refractivity contribution in [1.29, 1.82) is 5.26 Å². The molecule has 1 unspecified atom stereocenters. The molecule has 0 saturated carbocycles. The van der Waals surface area contributed by atoms with E-state index < -0.39 is 5.82 Å². The summed E-state index contributed by atoms with van der Waals surface area (Å²) in [6.45, 7) is 1.79. The number of hydrogen-bond acceptors (Lipinski definition) is 3. The Hall–Kier alpha value is -2.45. The van der Waals surface area contributed by atoms with E-state index in [1.807, 2.05) is 12.1 Å². The second-order valence-corrected chi connectivity index (χ2v) is 5.20. The molecule has 104 valence electrons. The van der Waals surface area contributed by atoms with Gasteiger partial charge in [0.25, 0.3) is 0 Å². The van der Waals surface area contributed by atoms with Crippen molar-refractivity contribution in [3.63, 3.8) is 0 Å². The van der Waals surface area contributed by atoms with Crippen LogP contribution in [0.5, 0.6) is 0 Å². The first-order valence-corrected chi connectivity index (χ1v) is 6.73. The summed E-state index contributed by atoms with van der Waals surface area (Å²) in [4.78, 5) is 8.75. The van der Waals surface area contributed by atoms with Gasteiger partial charge in [0, 0.05) is 6.20 Å². The molecule has 2 heterocycles. The second kappa shape index (κ2) is 5.15. The summed E-state index contributed by atoms with van der Waals surface area (Å²) in [5, 5.41) is 8.86. The first-order chi connectivity index (χ1) is 10.1. The van der Waals surface area contributed by atoms with E-state index in [-0.39, 0.29) is 10.9 Å². The molecule has 0 N–H and O–H groups in total. The van der Waals surface area contributed by atoms with Gasteiger partial charge in [0.2, 0.25) is 0 Å². The fourth-order valence-electron chi connectivity index (χ4n) is 2.23. The lowest BCUT2D eigenvalue weighted by Gasteiger charge is -2.11. The Morgan fingerprint density at radius 1 is 1.38 bits per heavy atom. The Morgan fingerprint density at radius 3 is 2.90 bits per heavy atom. The van der Waals surface area contributed by atoms with Crippen LogP contribution in [0.2, 0.25) is 0 Å². The lowest BCUT2D eigenvalue weighted by atomic mass is 10.2. The molecule has 4 nitrogen and oxygen atoms in total. The monoisotopic (exact) mass is 300 g/mol. The summed E-state index contributed by atoms with van der Waals surface area (Å²) in [6.07, 6.45) is 1.64. The third-order valence-corrected chi connectivity index (χ3v) is 3.31. The van der Waals surface area contributed by atoms with Crippen molar-refractivity contribution < 1.29 is 4.39 Å². The molecule has 0 amide bonds. The standard InChI is InChI=1S/C15H10ClFN4/c1-9(16)14-20-12-3-2-6-19-15(12)21(14)13-5-4-11(17)7-10(13)8-18/h2-7,9H,1H3. The number of benzene rings is 1. The molecule has 0 aliphatic heterocycles. The number of aromatic nitrogens is 3. The molecule has 0 fully saturated rings. The minimum atomic E-state index is -0.465. The van der Waals surface area contributed by atoms with E-state index in [1.54, 1.807) is 23.8 Å². The second-order valence-electron chi connectivity index (χ2n) is 4.54. The third kappa shape index (κ3) is 2.24. The van der Waals surface area contributed by atoms with Crippen LogP contribution in [-0.2, 0) is 0 Å². The zero-order chi connectivity index (χ0) is 15.0. The molecule has 6 heteroatoms. The Bertz CT molecular complexity index is 864. The van der Waals surface area contributed by atoms with Gasteiger partial charge in [-0.25, -0.2) is 14.4 Å². The molecule has 1 atom stereocenters. The number of hydrogen-bond donors (Lipinski definition) is 0. The van der Waals surface area contributed by atoms with Crippen LogP contribution >= 0.6 is 11.6 Å². The maximum absolute atomic E-state index is 13.3. The maximum atomic E-state index is 13.3. The Labute approximate surface area is 125 Å². The lowest BCUT2D eigenvalue weighted by Crippen LogP contribution is -2.05. The quantitative estimate of drug-likeness (QED) is 0.678. The summed E-state index contributed by atoms with van der Waals surface area (Å²) in [7, 11) is 0. The molecule has 0 spiro atoms. The number of pyridine rings is 1. The van der Waals surface area contributed by atoms with Crippen molar-refractivity contribution in [3.05, 3.63) is 53.7 Å². The number of alkyl halides is 1. The third-order valence-electron chi connectivity index (χ3n) is 3.12. The van der Waals surface area contributed by atoms with E-state index in [9.17, 15) is 9.65 Å². The van der Waals surface area contributed by atoms with Crippen molar-refractivity contribution >= 4 is 22.8 Å². The van der Waals surface area contributed by atoms with E-state index in [0.717, 1.165) is 0 Å². The minimum absolute atomic E-state index is 0.207. The SMILES string of the molecule is CC(Cl)c1nc2cccnc2n1-c1ccc(F)cc1C#N.